The van der Waals surface area contributed by atoms with Crippen LogP contribution in [0.25, 0.3) is 0 Å². The molecule has 2 saturated heterocycles. The Labute approximate surface area is 135 Å². The van der Waals surface area contributed by atoms with Gasteiger partial charge in [-0.3, -0.25) is 9.69 Å². The van der Waals surface area contributed by atoms with Crippen LogP contribution in [0, 0.1) is 0 Å². The number of rotatable bonds is 5. The van der Waals surface area contributed by atoms with Crippen molar-refractivity contribution in [2.45, 2.75) is 25.1 Å². The second-order valence-electron chi connectivity index (χ2n) is 5.91. The summed E-state index contributed by atoms with van der Waals surface area (Å²) in [6.45, 7) is 5.10. The summed E-state index contributed by atoms with van der Waals surface area (Å²) in [4.78, 5) is 14.6. The zero-order valence-electron chi connectivity index (χ0n) is 13.5. The smallest absolute Gasteiger partial charge is 0.254 e. The van der Waals surface area contributed by atoms with Gasteiger partial charge in [-0.1, -0.05) is 0 Å². The van der Waals surface area contributed by atoms with Crippen LogP contribution in [0.1, 0.15) is 22.5 Å². The molecule has 0 radical (unpaired) electrons. The SMILES string of the molecule is CO[C@@H]1CCOC[C@H]1NC(=O)c1coc(CN2CCOCC2)c1. The van der Waals surface area contributed by atoms with Gasteiger partial charge in [-0.25, -0.2) is 0 Å². The largest absolute Gasteiger partial charge is 0.467 e. The van der Waals surface area contributed by atoms with Crippen LogP contribution in [-0.2, 0) is 20.8 Å². The summed E-state index contributed by atoms with van der Waals surface area (Å²) in [6, 6.07) is 1.68. The van der Waals surface area contributed by atoms with E-state index in [9.17, 15) is 4.79 Å². The minimum absolute atomic E-state index is 0.00702. The number of ether oxygens (including phenoxy) is 3. The molecular formula is C16H24N2O5. The third-order valence-electron chi connectivity index (χ3n) is 4.31. The summed E-state index contributed by atoms with van der Waals surface area (Å²) < 4.78 is 21.7. The molecule has 3 rings (SSSR count). The van der Waals surface area contributed by atoms with E-state index in [-0.39, 0.29) is 18.1 Å². The van der Waals surface area contributed by atoms with Crippen molar-refractivity contribution < 1.29 is 23.4 Å². The third-order valence-corrected chi connectivity index (χ3v) is 4.31. The van der Waals surface area contributed by atoms with Gasteiger partial charge in [-0.2, -0.15) is 0 Å². The number of amides is 1. The first-order chi connectivity index (χ1) is 11.3. The monoisotopic (exact) mass is 324 g/mol. The van der Waals surface area contributed by atoms with E-state index in [1.165, 1.54) is 6.26 Å². The third kappa shape index (κ3) is 4.32. The molecule has 1 aromatic rings. The van der Waals surface area contributed by atoms with Gasteiger partial charge in [-0.15, -0.1) is 0 Å². The van der Waals surface area contributed by atoms with Crippen molar-refractivity contribution in [3.8, 4) is 0 Å². The summed E-state index contributed by atoms with van der Waals surface area (Å²) in [7, 11) is 1.66. The van der Waals surface area contributed by atoms with Crippen molar-refractivity contribution in [3.63, 3.8) is 0 Å². The Hall–Kier alpha value is -1.41. The summed E-state index contributed by atoms with van der Waals surface area (Å²) in [6.07, 6.45) is 2.29. The number of nitrogens with zero attached hydrogens (tertiary/aromatic N) is 1. The van der Waals surface area contributed by atoms with Crippen LogP contribution in [-0.4, -0.2) is 69.6 Å². The summed E-state index contributed by atoms with van der Waals surface area (Å²) >= 11 is 0. The van der Waals surface area contributed by atoms with E-state index in [0.29, 0.717) is 25.3 Å². The number of nitrogens with one attached hydrogen (secondary N) is 1. The van der Waals surface area contributed by atoms with Gasteiger partial charge < -0.3 is 23.9 Å². The number of hydrogen-bond acceptors (Lipinski definition) is 6. The topological polar surface area (TPSA) is 73.2 Å². The molecule has 0 saturated carbocycles. The Morgan fingerprint density at radius 1 is 1.35 bits per heavy atom. The van der Waals surface area contributed by atoms with Gasteiger partial charge in [0.1, 0.15) is 12.0 Å². The van der Waals surface area contributed by atoms with Crippen molar-refractivity contribution in [3.05, 3.63) is 23.7 Å². The Bertz CT molecular complexity index is 512. The van der Waals surface area contributed by atoms with Crippen molar-refractivity contribution in [2.24, 2.45) is 0 Å². The lowest BCUT2D eigenvalue weighted by Gasteiger charge is -2.30. The molecular weight excluding hydrogens is 300 g/mol. The molecule has 128 valence electrons. The van der Waals surface area contributed by atoms with Crippen LogP contribution in [0.15, 0.2) is 16.7 Å². The first-order valence-corrected chi connectivity index (χ1v) is 8.05. The van der Waals surface area contributed by atoms with Gasteiger partial charge >= 0.3 is 0 Å². The van der Waals surface area contributed by atoms with Gasteiger partial charge in [0.05, 0.1) is 44.1 Å². The zero-order chi connectivity index (χ0) is 16.1. The highest BCUT2D eigenvalue weighted by Crippen LogP contribution is 2.14. The highest BCUT2D eigenvalue weighted by Gasteiger charge is 2.27. The van der Waals surface area contributed by atoms with Gasteiger partial charge in [0.2, 0.25) is 0 Å². The fraction of sp³-hybridized carbons (Fsp3) is 0.688. The van der Waals surface area contributed by atoms with Crippen molar-refractivity contribution in [2.75, 3.05) is 46.6 Å². The van der Waals surface area contributed by atoms with Gasteiger partial charge in [0, 0.05) is 26.8 Å². The fourth-order valence-electron chi connectivity index (χ4n) is 2.95. The molecule has 0 aromatic carbocycles. The van der Waals surface area contributed by atoms with Crippen LogP contribution in [0.3, 0.4) is 0 Å². The fourth-order valence-corrected chi connectivity index (χ4v) is 2.95. The average Bonchev–Trinajstić information content (AvgIpc) is 3.05. The second kappa shape index (κ2) is 7.92. The van der Waals surface area contributed by atoms with Gasteiger partial charge in [-0.05, 0) is 12.5 Å². The molecule has 7 heteroatoms. The lowest BCUT2D eigenvalue weighted by molar-refractivity contribution is -0.0349. The lowest BCUT2D eigenvalue weighted by atomic mass is 10.1. The molecule has 23 heavy (non-hydrogen) atoms. The second-order valence-corrected chi connectivity index (χ2v) is 5.91. The predicted octanol–water partition coefficient (Wildman–Crippen LogP) is 0.646. The Morgan fingerprint density at radius 2 is 2.17 bits per heavy atom. The Balaban J connectivity index is 1.55. The molecule has 0 bridgehead atoms. The number of hydrogen-bond donors (Lipinski definition) is 1. The average molecular weight is 324 g/mol. The van der Waals surface area contributed by atoms with E-state index in [1.54, 1.807) is 13.2 Å². The molecule has 3 heterocycles. The van der Waals surface area contributed by atoms with Crippen LogP contribution >= 0.6 is 0 Å². The molecule has 2 aliphatic heterocycles. The molecule has 2 aliphatic rings. The summed E-state index contributed by atoms with van der Waals surface area (Å²) in [5.74, 6) is 0.639. The number of methoxy groups -OCH3 is 1. The zero-order valence-corrected chi connectivity index (χ0v) is 13.5. The van der Waals surface area contributed by atoms with Crippen molar-refractivity contribution in [1.82, 2.24) is 10.2 Å². The first kappa shape index (κ1) is 16.4. The minimum atomic E-state index is -0.153. The van der Waals surface area contributed by atoms with E-state index < -0.39 is 0 Å². The van der Waals surface area contributed by atoms with E-state index in [0.717, 1.165) is 38.5 Å². The molecule has 2 atom stereocenters. The lowest BCUT2D eigenvalue weighted by Crippen LogP contribution is -2.50. The number of furan rings is 1. The normalized spacial score (nSPS) is 26.1. The van der Waals surface area contributed by atoms with E-state index in [1.807, 2.05) is 0 Å². The molecule has 2 fully saturated rings. The summed E-state index contributed by atoms with van der Waals surface area (Å²) in [5, 5.41) is 2.97. The standard InChI is InChI=1S/C16H24N2O5/c1-20-15-2-5-22-11-14(15)17-16(19)12-8-13(23-10-12)9-18-3-6-21-7-4-18/h8,10,14-15H,2-7,9,11H2,1H3,(H,17,19)/t14-,15-/m1/s1. The van der Waals surface area contributed by atoms with Crippen molar-refractivity contribution >= 4 is 5.91 Å². The first-order valence-electron chi connectivity index (χ1n) is 8.05. The van der Waals surface area contributed by atoms with Crippen LogP contribution in [0.2, 0.25) is 0 Å². The maximum atomic E-state index is 12.4. The number of carbonyl (C=O) groups excluding carboxylic acids is 1. The molecule has 0 spiro atoms. The van der Waals surface area contributed by atoms with Gasteiger partial charge in [0.15, 0.2) is 0 Å². The number of carbonyl (C=O) groups is 1. The molecule has 7 nitrogen and oxygen atoms in total. The minimum Gasteiger partial charge on any atom is -0.467 e. The van der Waals surface area contributed by atoms with E-state index in [4.69, 9.17) is 18.6 Å². The maximum Gasteiger partial charge on any atom is 0.254 e. The van der Waals surface area contributed by atoms with Crippen molar-refractivity contribution in [1.29, 1.82) is 0 Å². The molecule has 0 aliphatic carbocycles. The number of morpholine rings is 1. The molecule has 1 aromatic heterocycles. The molecule has 1 amide bonds. The van der Waals surface area contributed by atoms with E-state index >= 15 is 0 Å². The Kier molecular flexibility index (Phi) is 5.66. The quantitative estimate of drug-likeness (QED) is 0.857. The van der Waals surface area contributed by atoms with E-state index in [2.05, 4.69) is 10.2 Å². The van der Waals surface area contributed by atoms with Gasteiger partial charge in [0.25, 0.3) is 5.91 Å². The van der Waals surface area contributed by atoms with Crippen LogP contribution in [0.4, 0.5) is 0 Å². The molecule has 0 unspecified atom stereocenters. The highest BCUT2D eigenvalue weighted by molar-refractivity contribution is 5.94. The van der Waals surface area contributed by atoms with Crippen LogP contribution < -0.4 is 5.32 Å². The maximum absolute atomic E-state index is 12.4. The molecule has 1 N–H and O–H groups in total. The predicted molar refractivity (Wildman–Crippen MR) is 82.3 cm³/mol. The summed E-state index contributed by atoms with van der Waals surface area (Å²) in [5.41, 5.74) is 0.536. The Morgan fingerprint density at radius 3 is 2.96 bits per heavy atom. The highest BCUT2D eigenvalue weighted by atomic mass is 16.5. The van der Waals surface area contributed by atoms with Crippen LogP contribution in [0.5, 0.6) is 0 Å².